The largest absolute Gasteiger partial charge is 0.458 e. The predicted molar refractivity (Wildman–Crippen MR) is 54.4 cm³/mol. The highest BCUT2D eigenvalue weighted by molar-refractivity contribution is 6.33. The van der Waals surface area contributed by atoms with Crippen LogP contribution in [0.1, 0.15) is 5.76 Å². The number of aromatic nitrogens is 2. The highest BCUT2D eigenvalue weighted by Gasteiger charge is 2.14. The number of nitrogens with zero attached hydrogens (tertiary/aromatic N) is 2. The first-order valence-corrected chi connectivity index (χ1v) is 4.79. The lowest BCUT2D eigenvalue weighted by Crippen LogP contribution is -1.93. The summed E-state index contributed by atoms with van der Waals surface area (Å²) in [5, 5.41) is -0.641. The Bertz CT molecular complexity index is 490. The molecular formula is C9H5Cl2FN2O. The summed E-state index contributed by atoms with van der Waals surface area (Å²) in [6.07, 6.45) is 0. The summed E-state index contributed by atoms with van der Waals surface area (Å²) in [5.41, 5.74) is 0. The molecule has 0 saturated carbocycles. The number of hydrogen-bond donors (Lipinski definition) is 0. The van der Waals surface area contributed by atoms with Crippen molar-refractivity contribution in [2.24, 2.45) is 0 Å². The summed E-state index contributed by atoms with van der Waals surface area (Å²) < 4.78 is 18.3. The first kappa shape index (κ1) is 10.4. The van der Waals surface area contributed by atoms with Gasteiger partial charge < -0.3 is 4.42 Å². The topological polar surface area (TPSA) is 38.9 Å². The van der Waals surface area contributed by atoms with Crippen LogP contribution in [0.5, 0.6) is 0 Å². The molecule has 2 heterocycles. The maximum Gasteiger partial charge on any atom is 0.198 e. The number of halogens is 3. The van der Waals surface area contributed by atoms with Crippen LogP contribution in [0.3, 0.4) is 0 Å². The van der Waals surface area contributed by atoms with E-state index in [1.54, 1.807) is 19.1 Å². The maximum atomic E-state index is 13.0. The van der Waals surface area contributed by atoms with Crippen molar-refractivity contribution < 1.29 is 8.81 Å². The Hall–Kier alpha value is -1.13. The molecular weight excluding hydrogens is 242 g/mol. The molecule has 0 unspecified atom stereocenters. The van der Waals surface area contributed by atoms with E-state index >= 15 is 0 Å². The number of aryl methyl sites for hydroxylation is 1. The van der Waals surface area contributed by atoms with Crippen LogP contribution in [-0.2, 0) is 0 Å². The lowest BCUT2D eigenvalue weighted by Gasteiger charge is -1.99. The molecule has 15 heavy (non-hydrogen) atoms. The van der Waals surface area contributed by atoms with Crippen LogP contribution in [-0.4, -0.2) is 9.97 Å². The Morgan fingerprint density at radius 1 is 1.20 bits per heavy atom. The molecule has 0 N–H and O–H groups in total. The van der Waals surface area contributed by atoms with E-state index in [2.05, 4.69) is 9.97 Å². The summed E-state index contributed by atoms with van der Waals surface area (Å²) in [6.45, 7) is 1.77. The van der Waals surface area contributed by atoms with E-state index in [4.69, 9.17) is 27.6 Å². The zero-order valence-corrected chi connectivity index (χ0v) is 9.10. The van der Waals surface area contributed by atoms with E-state index in [1.807, 2.05) is 0 Å². The summed E-state index contributed by atoms with van der Waals surface area (Å²) >= 11 is 11.0. The van der Waals surface area contributed by atoms with E-state index in [0.29, 0.717) is 11.5 Å². The molecule has 0 radical (unpaired) electrons. The van der Waals surface area contributed by atoms with Crippen molar-refractivity contribution in [1.29, 1.82) is 0 Å². The molecule has 0 aliphatic rings. The van der Waals surface area contributed by atoms with Gasteiger partial charge in [-0.25, -0.2) is 14.4 Å². The molecule has 0 spiro atoms. The molecule has 2 rings (SSSR count). The van der Waals surface area contributed by atoms with E-state index in [-0.39, 0.29) is 16.1 Å². The zero-order chi connectivity index (χ0) is 11.0. The molecule has 0 saturated heterocycles. The van der Waals surface area contributed by atoms with Gasteiger partial charge in [-0.1, -0.05) is 23.2 Å². The maximum absolute atomic E-state index is 13.0. The fourth-order valence-electron chi connectivity index (χ4n) is 1.06. The van der Waals surface area contributed by atoms with E-state index in [0.717, 1.165) is 0 Å². The summed E-state index contributed by atoms with van der Waals surface area (Å²) in [5.74, 6) is 0.436. The second-order valence-electron chi connectivity index (χ2n) is 2.85. The van der Waals surface area contributed by atoms with Crippen LogP contribution in [0.4, 0.5) is 4.39 Å². The second kappa shape index (κ2) is 3.79. The highest BCUT2D eigenvalue weighted by Crippen LogP contribution is 2.24. The quantitative estimate of drug-likeness (QED) is 0.724. The van der Waals surface area contributed by atoms with Crippen molar-refractivity contribution in [3.8, 4) is 11.6 Å². The van der Waals surface area contributed by atoms with Gasteiger partial charge in [-0.05, 0) is 19.1 Å². The molecule has 0 aromatic carbocycles. The monoisotopic (exact) mass is 246 g/mol. The fourth-order valence-corrected chi connectivity index (χ4v) is 1.45. The van der Waals surface area contributed by atoms with Gasteiger partial charge in [0, 0.05) is 0 Å². The van der Waals surface area contributed by atoms with Crippen molar-refractivity contribution in [2.75, 3.05) is 0 Å². The minimum absolute atomic E-state index is 0.166. The summed E-state index contributed by atoms with van der Waals surface area (Å²) in [6, 6.07) is 3.40. The van der Waals surface area contributed by atoms with Gasteiger partial charge >= 0.3 is 0 Å². The Balaban J connectivity index is 2.55. The third-order valence-corrected chi connectivity index (χ3v) is 2.23. The smallest absolute Gasteiger partial charge is 0.198 e. The van der Waals surface area contributed by atoms with Crippen LogP contribution < -0.4 is 0 Å². The van der Waals surface area contributed by atoms with E-state index in [9.17, 15) is 4.39 Å². The molecule has 0 aliphatic carbocycles. The summed E-state index contributed by atoms with van der Waals surface area (Å²) in [7, 11) is 0. The van der Waals surface area contributed by atoms with Gasteiger partial charge in [0.2, 0.25) is 0 Å². The average Bonchev–Trinajstić information content (AvgIpc) is 2.60. The average molecular weight is 247 g/mol. The van der Waals surface area contributed by atoms with Crippen LogP contribution >= 0.6 is 23.2 Å². The summed E-state index contributed by atoms with van der Waals surface area (Å²) in [4.78, 5) is 7.44. The Morgan fingerprint density at radius 3 is 2.27 bits per heavy atom. The molecule has 3 nitrogen and oxygen atoms in total. The van der Waals surface area contributed by atoms with Crippen LogP contribution in [0, 0.1) is 12.7 Å². The minimum Gasteiger partial charge on any atom is -0.458 e. The third kappa shape index (κ3) is 1.96. The SMILES string of the molecule is Cc1ccc(-c2nc(Cl)c(F)c(Cl)n2)o1. The zero-order valence-electron chi connectivity index (χ0n) is 7.59. The highest BCUT2D eigenvalue weighted by atomic mass is 35.5. The van der Waals surface area contributed by atoms with Gasteiger partial charge in [0.15, 0.2) is 27.7 Å². The third-order valence-electron chi connectivity index (χ3n) is 1.73. The fraction of sp³-hybridized carbons (Fsp3) is 0.111. The Labute approximate surface area is 94.9 Å². The molecule has 0 fully saturated rings. The van der Waals surface area contributed by atoms with Crippen LogP contribution in [0.2, 0.25) is 10.3 Å². The van der Waals surface area contributed by atoms with Gasteiger partial charge in [0.25, 0.3) is 0 Å². The molecule has 0 aliphatic heterocycles. The number of furan rings is 1. The number of rotatable bonds is 1. The first-order valence-electron chi connectivity index (χ1n) is 4.03. The van der Waals surface area contributed by atoms with Crippen LogP contribution in [0.25, 0.3) is 11.6 Å². The van der Waals surface area contributed by atoms with E-state index < -0.39 is 5.82 Å². The van der Waals surface area contributed by atoms with Crippen molar-refractivity contribution in [3.05, 3.63) is 34.0 Å². The van der Waals surface area contributed by atoms with Crippen molar-refractivity contribution >= 4 is 23.2 Å². The van der Waals surface area contributed by atoms with Crippen molar-refractivity contribution in [2.45, 2.75) is 6.92 Å². The number of hydrogen-bond acceptors (Lipinski definition) is 3. The lowest BCUT2D eigenvalue weighted by molar-refractivity contribution is 0.542. The molecule has 0 bridgehead atoms. The Kier molecular flexibility index (Phi) is 2.63. The standard InChI is InChI=1S/C9H5Cl2FN2O/c1-4-2-3-5(15-4)9-13-7(10)6(12)8(11)14-9/h2-3H,1H3. The molecule has 6 heteroatoms. The normalized spacial score (nSPS) is 10.7. The molecule has 2 aromatic heterocycles. The molecule has 0 atom stereocenters. The van der Waals surface area contributed by atoms with Gasteiger partial charge in [0.05, 0.1) is 0 Å². The van der Waals surface area contributed by atoms with Crippen LogP contribution in [0.15, 0.2) is 16.5 Å². The second-order valence-corrected chi connectivity index (χ2v) is 3.57. The Morgan fingerprint density at radius 2 is 1.80 bits per heavy atom. The first-order chi connectivity index (χ1) is 7.08. The molecule has 0 amide bonds. The van der Waals surface area contributed by atoms with E-state index in [1.165, 1.54) is 0 Å². The van der Waals surface area contributed by atoms with Gasteiger partial charge in [-0.3, -0.25) is 0 Å². The molecule has 2 aromatic rings. The van der Waals surface area contributed by atoms with Gasteiger partial charge in [-0.2, -0.15) is 0 Å². The van der Waals surface area contributed by atoms with Gasteiger partial charge in [-0.15, -0.1) is 0 Å². The van der Waals surface area contributed by atoms with Crippen molar-refractivity contribution in [1.82, 2.24) is 9.97 Å². The lowest BCUT2D eigenvalue weighted by atomic mass is 10.4. The predicted octanol–water partition coefficient (Wildman–Crippen LogP) is 3.49. The minimum atomic E-state index is -0.828. The molecule has 78 valence electrons. The van der Waals surface area contributed by atoms with Gasteiger partial charge in [0.1, 0.15) is 5.76 Å². The van der Waals surface area contributed by atoms with Crippen molar-refractivity contribution in [3.63, 3.8) is 0 Å².